The second kappa shape index (κ2) is 18.3. The largest absolute Gasteiger partial charge is 4.00 e. The first-order chi connectivity index (χ1) is 8.86. The maximum atomic E-state index is 3.30. The summed E-state index contributed by atoms with van der Waals surface area (Å²) in [5.74, 6) is 0. The first-order valence-electron chi connectivity index (χ1n) is 7.39. The van der Waals surface area contributed by atoms with Gasteiger partial charge in [0.15, 0.2) is 0 Å². The summed E-state index contributed by atoms with van der Waals surface area (Å²) >= 11 is 0. The Balaban J connectivity index is -0.000000270. The van der Waals surface area contributed by atoms with Gasteiger partial charge in [-0.25, -0.2) is 23.3 Å². The molecule has 2 aliphatic rings. The molecule has 0 nitrogen and oxygen atoms in total. The van der Waals surface area contributed by atoms with Crippen LogP contribution in [0.5, 0.6) is 0 Å². The third-order valence-corrected chi connectivity index (χ3v) is 3.13. The van der Waals surface area contributed by atoms with Crippen molar-refractivity contribution in [2.45, 2.75) is 65.2 Å². The van der Waals surface area contributed by atoms with Crippen LogP contribution in [-0.2, 0) is 21.7 Å². The molecule has 0 aromatic carbocycles. The fourth-order valence-corrected chi connectivity index (χ4v) is 1.98. The van der Waals surface area contributed by atoms with Gasteiger partial charge in [0.2, 0.25) is 0 Å². The van der Waals surface area contributed by atoms with Crippen LogP contribution in [0.4, 0.5) is 0 Å². The Kier molecular flexibility index (Phi) is 22.8. The summed E-state index contributed by atoms with van der Waals surface area (Å²) in [4.78, 5) is 0. The van der Waals surface area contributed by atoms with Crippen LogP contribution in [0, 0.1) is 12.2 Å². The molecule has 0 aromatic rings. The van der Waals surface area contributed by atoms with Gasteiger partial charge in [-0.2, -0.15) is 12.2 Å². The van der Waals surface area contributed by atoms with Gasteiger partial charge in [-0.3, -0.25) is 12.2 Å². The van der Waals surface area contributed by atoms with Crippen LogP contribution >= 0.6 is 0 Å². The van der Waals surface area contributed by atoms with Crippen LogP contribution in [0.2, 0.25) is 0 Å². The Morgan fingerprint density at radius 1 is 0.810 bits per heavy atom. The van der Waals surface area contributed by atoms with Crippen LogP contribution in [-0.4, -0.2) is 0 Å². The molecule has 0 amide bonds. The molecule has 0 N–H and O–H groups in total. The van der Waals surface area contributed by atoms with Crippen molar-refractivity contribution >= 4 is 0 Å². The number of unbranched alkanes of at least 4 members (excludes halogenated alkanes) is 2. The average molecular weight is 361 g/mol. The topological polar surface area (TPSA) is 0 Å². The van der Waals surface area contributed by atoms with Gasteiger partial charge in [0, 0.05) is 0 Å². The van der Waals surface area contributed by atoms with Gasteiger partial charge in [0.25, 0.3) is 0 Å². The fourth-order valence-electron chi connectivity index (χ4n) is 1.98. The first kappa shape index (κ1) is 26.2. The predicted molar refractivity (Wildman–Crippen MR) is 80.1 cm³/mol. The van der Waals surface area contributed by atoms with Crippen molar-refractivity contribution in [3.05, 3.63) is 47.6 Å². The van der Waals surface area contributed by atoms with E-state index in [0.29, 0.717) is 0 Å². The molecule has 0 atom stereocenters. The van der Waals surface area contributed by atoms with Crippen molar-refractivity contribution in [1.82, 2.24) is 0 Å². The SMILES string of the molecule is CCCCC1=[C-]CC=C1.CCCCC1=[C-]CC=C1.[Cl-].[Cl-].[Ti+4]. The molecule has 0 heterocycles. The smallest absolute Gasteiger partial charge is 1.00 e. The summed E-state index contributed by atoms with van der Waals surface area (Å²) in [7, 11) is 0. The van der Waals surface area contributed by atoms with Gasteiger partial charge >= 0.3 is 21.7 Å². The maximum absolute atomic E-state index is 3.30. The minimum atomic E-state index is 0. The van der Waals surface area contributed by atoms with Crippen LogP contribution in [0.1, 0.15) is 65.2 Å². The molecule has 0 unspecified atom stereocenters. The van der Waals surface area contributed by atoms with Crippen molar-refractivity contribution in [3.8, 4) is 0 Å². The number of hydrogen-bond donors (Lipinski definition) is 0. The van der Waals surface area contributed by atoms with Crippen LogP contribution in [0.15, 0.2) is 35.5 Å². The summed E-state index contributed by atoms with van der Waals surface area (Å²) in [6.45, 7) is 4.44. The molecule has 116 valence electrons. The Morgan fingerprint density at radius 3 is 1.43 bits per heavy atom. The van der Waals surface area contributed by atoms with Gasteiger partial charge in [-0.15, -0.1) is 12.8 Å². The van der Waals surface area contributed by atoms with Crippen molar-refractivity contribution < 1.29 is 46.5 Å². The predicted octanol–water partition coefficient (Wildman–Crippen LogP) is -0.262. The molecule has 0 aromatic heterocycles. The molecule has 0 aliphatic heterocycles. The number of allylic oxidation sites excluding steroid dienone is 8. The molecule has 0 saturated carbocycles. The van der Waals surface area contributed by atoms with Gasteiger partial charge in [0.1, 0.15) is 0 Å². The van der Waals surface area contributed by atoms with Gasteiger partial charge in [-0.1, -0.05) is 52.4 Å². The summed E-state index contributed by atoms with van der Waals surface area (Å²) in [6.07, 6.45) is 25.1. The van der Waals surface area contributed by atoms with Crippen molar-refractivity contribution in [1.29, 1.82) is 0 Å². The molecular weight excluding hydrogens is 335 g/mol. The van der Waals surface area contributed by atoms with Gasteiger partial charge in [-0.05, 0) is 0 Å². The summed E-state index contributed by atoms with van der Waals surface area (Å²) in [5, 5.41) is 0. The van der Waals surface area contributed by atoms with Crippen molar-refractivity contribution in [2.24, 2.45) is 0 Å². The maximum Gasteiger partial charge on any atom is 4.00 e. The third-order valence-electron chi connectivity index (χ3n) is 3.13. The number of rotatable bonds is 6. The van der Waals surface area contributed by atoms with E-state index in [9.17, 15) is 0 Å². The zero-order valence-electron chi connectivity index (χ0n) is 13.2. The van der Waals surface area contributed by atoms with Gasteiger partial charge in [0.05, 0.1) is 0 Å². The van der Waals surface area contributed by atoms with Crippen LogP contribution in [0.3, 0.4) is 0 Å². The second-order valence-corrected chi connectivity index (χ2v) is 4.82. The fraction of sp³-hybridized carbons (Fsp3) is 0.556. The van der Waals surface area contributed by atoms with E-state index >= 15 is 0 Å². The third kappa shape index (κ3) is 13.6. The molecule has 0 fully saturated rings. The normalized spacial score (nSPS) is 14.0. The molecule has 0 radical (unpaired) electrons. The molecule has 2 rings (SSSR count). The Hall–Kier alpha value is 0.254. The van der Waals surface area contributed by atoms with Crippen LogP contribution < -0.4 is 24.8 Å². The monoisotopic (exact) mass is 360 g/mol. The van der Waals surface area contributed by atoms with Crippen molar-refractivity contribution in [3.63, 3.8) is 0 Å². The second-order valence-electron chi connectivity index (χ2n) is 4.82. The quantitative estimate of drug-likeness (QED) is 0.452. The average Bonchev–Trinajstić information content (AvgIpc) is 3.07. The van der Waals surface area contributed by atoms with E-state index in [2.05, 4.69) is 50.3 Å². The Morgan fingerprint density at radius 2 is 1.19 bits per heavy atom. The summed E-state index contributed by atoms with van der Waals surface area (Å²) in [5.41, 5.74) is 2.83. The number of hydrogen-bond acceptors (Lipinski definition) is 0. The zero-order chi connectivity index (χ0) is 13.1. The van der Waals surface area contributed by atoms with E-state index in [-0.39, 0.29) is 46.5 Å². The molecule has 0 bridgehead atoms. The van der Waals surface area contributed by atoms with Crippen molar-refractivity contribution in [2.75, 3.05) is 0 Å². The minimum Gasteiger partial charge on any atom is -1.00 e. The summed E-state index contributed by atoms with van der Waals surface area (Å²) < 4.78 is 0. The van der Waals surface area contributed by atoms with E-state index in [1.54, 1.807) is 0 Å². The first-order valence-corrected chi connectivity index (χ1v) is 7.39. The molecular formula is C18H26Cl2Ti. The molecule has 0 saturated heterocycles. The Bertz CT molecular complexity index is 307. The standard InChI is InChI=1S/2C9H13.2ClH.Ti/c2*1-2-3-6-9-7-4-5-8-9;;;/h2*4,7H,2-3,5-6H2,1H3;2*1H;/q2*-1;;;+4/p-2. The molecule has 2 aliphatic carbocycles. The number of halogens is 2. The summed E-state index contributed by atoms with van der Waals surface area (Å²) in [6, 6.07) is 0. The molecule has 21 heavy (non-hydrogen) atoms. The molecule has 0 spiro atoms. The van der Waals surface area contributed by atoms with E-state index < -0.39 is 0 Å². The van der Waals surface area contributed by atoms with Gasteiger partial charge < -0.3 is 24.8 Å². The van der Waals surface area contributed by atoms with E-state index in [0.717, 1.165) is 12.8 Å². The van der Waals surface area contributed by atoms with E-state index in [4.69, 9.17) is 0 Å². The van der Waals surface area contributed by atoms with Crippen LogP contribution in [0.25, 0.3) is 0 Å². The minimum absolute atomic E-state index is 0. The zero-order valence-corrected chi connectivity index (χ0v) is 16.3. The molecule has 3 heteroatoms. The van der Waals surface area contributed by atoms with E-state index in [1.807, 2.05) is 0 Å². The van der Waals surface area contributed by atoms with E-state index in [1.165, 1.54) is 49.7 Å². The Labute approximate surface area is 158 Å².